The van der Waals surface area contributed by atoms with Gasteiger partial charge in [-0.3, -0.25) is 0 Å². The first-order valence-corrected chi connectivity index (χ1v) is 7.48. The Hall–Kier alpha value is -1.04. The van der Waals surface area contributed by atoms with Crippen molar-refractivity contribution in [3.63, 3.8) is 0 Å². The predicted octanol–water partition coefficient (Wildman–Crippen LogP) is 7.08. The largest absolute Gasteiger partial charge is 0.106 e. The Morgan fingerprint density at radius 1 is 0.947 bits per heavy atom. The van der Waals surface area contributed by atoms with Gasteiger partial charge in [0.05, 0.1) is 0 Å². The Morgan fingerprint density at radius 2 is 1.26 bits per heavy atom. The smallest absolute Gasteiger partial charge is 0.0142 e. The third kappa shape index (κ3) is 13.2. The topological polar surface area (TPSA) is 0 Å². The molecule has 0 saturated heterocycles. The van der Waals surface area contributed by atoms with Crippen LogP contribution in [0.25, 0.3) is 0 Å². The Labute approximate surface area is 123 Å². The molecule has 0 N–H and O–H groups in total. The molecule has 0 spiro atoms. The summed E-state index contributed by atoms with van der Waals surface area (Å²) in [6.07, 6.45) is 1.25. The zero-order valence-corrected chi connectivity index (χ0v) is 14.6. The predicted molar refractivity (Wildman–Crippen MR) is 92.9 cm³/mol. The van der Waals surface area contributed by atoms with Crippen molar-refractivity contribution in [2.45, 2.75) is 67.7 Å². The molecule has 0 aliphatic rings. The molecule has 0 heterocycles. The van der Waals surface area contributed by atoms with Crippen molar-refractivity contribution >= 4 is 0 Å². The maximum Gasteiger partial charge on any atom is -0.0142 e. The minimum absolute atomic E-state index is 0.362. The molecule has 112 valence electrons. The highest BCUT2D eigenvalue weighted by atomic mass is 14.3. The molecule has 0 nitrogen and oxygen atoms in total. The minimum Gasteiger partial charge on any atom is -0.106 e. The van der Waals surface area contributed by atoms with Crippen LogP contribution in [-0.4, -0.2) is 0 Å². The molecular weight excluding hydrogens is 228 g/mol. The van der Waals surface area contributed by atoms with Gasteiger partial charge in [0.1, 0.15) is 0 Å². The van der Waals surface area contributed by atoms with E-state index in [1.165, 1.54) is 12.0 Å². The lowest BCUT2D eigenvalue weighted by molar-refractivity contribution is 0.339. The molecule has 0 bridgehead atoms. The second kappa shape index (κ2) is 15.0. The summed E-state index contributed by atoms with van der Waals surface area (Å²) in [5, 5.41) is 0. The molecule has 0 radical (unpaired) electrons. The first kappa shape index (κ1) is 23.1. The van der Waals surface area contributed by atoms with E-state index in [9.17, 15) is 0 Å². The van der Waals surface area contributed by atoms with Crippen molar-refractivity contribution in [2.24, 2.45) is 5.41 Å². The van der Waals surface area contributed by atoms with E-state index in [2.05, 4.69) is 85.0 Å². The van der Waals surface area contributed by atoms with Crippen LogP contribution in [0.2, 0.25) is 0 Å². The highest BCUT2D eigenvalue weighted by molar-refractivity contribution is 5.20. The highest BCUT2D eigenvalue weighted by Crippen LogP contribution is 2.33. The standard InChI is InChI=1S/C12H18.C3H8.C2H6.C2H4/c1-10(12(2,3)4)11-8-6-5-7-9-11;1-3-2;2*1-2/h5-10H,1-4H3;3H2,1-2H3;1-2H3;1-2H2. The summed E-state index contributed by atoms with van der Waals surface area (Å²) in [7, 11) is 0. The van der Waals surface area contributed by atoms with E-state index in [0.717, 1.165) is 0 Å². The van der Waals surface area contributed by atoms with Gasteiger partial charge in [-0.25, -0.2) is 0 Å². The maximum atomic E-state index is 3.00. The van der Waals surface area contributed by atoms with Gasteiger partial charge in [-0.05, 0) is 16.9 Å². The van der Waals surface area contributed by atoms with Crippen molar-refractivity contribution in [1.82, 2.24) is 0 Å². The van der Waals surface area contributed by atoms with Gasteiger partial charge >= 0.3 is 0 Å². The summed E-state index contributed by atoms with van der Waals surface area (Å²) in [6, 6.07) is 10.7. The van der Waals surface area contributed by atoms with E-state index >= 15 is 0 Å². The Balaban J connectivity index is -0.000000313. The average Bonchev–Trinajstić information content (AvgIpc) is 2.43. The van der Waals surface area contributed by atoms with Crippen molar-refractivity contribution in [3.8, 4) is 0 Å². The molecule has 0 aliphatic heterocycles. The van der Waals surface area contributed by atoms with Gasteiger partial charge in [-0.1, -0.05) is 92.1 Å². The lowest BCUT2D eigenvalue weighted by atomic mass is 9.78. The quantitative estimate of drug-likeness (QED) is 0.475. The van der Waals surface area contributed by atoms with Gasteiger partial charge in [0, 0.05) is 0 Å². The second-order valence-electron chi connectivity index (χ2n) is 5.21. The molecule has 0 amide bonds. The second-order valence-corrected chi connectivity index (χ2v) is 5.21. The first-order chi connectivity index (χ1) is 8.93. The summed E-state index contributed by atoms with van der Waals surface area (Å²) in [6.45, 7) is 23.4. The average molecular weight is 264 g/mol. The van der Waals surface area contributed by atoms with Crippen LogP contribution in [0.4, 0.5) is 0 Å². The van der Waals surface area contributed by atoms with Crippen LogP contribution >= 0.6 is 0 Å². The fourth-order valence-electron chi connectivity index (χ4n) is 1.24. The third-order valence-corrected chi connectivity index (χ3v) is 2.60. The molecular formula is C19H36. The van der Waals surface area contributed by atoms with Gasteiger partial charge in [-0.2, -0.15) is 0 Å². The lowest BCUT2D eigenvalue weighted by Crippen LogP contribution is -2.14. The van der Waals surface area contributed by atoms with Crippen molar-refractivity contribution in [3.05, 3.63) is 49.1 Å². The van der Waals surface area contributed by atoms with E-state index in [1.807, 2.05) is 13.8 Å². The molecule has 1 aromatic carbocycles. The SMILES string of the molecule is C=C.CC.CC(c1ccccc1)C(C)(C)C.CCC. The molecule has 1 unspecified atom stereocenters. The summed E-state index contributed by atoms with van der Waals surface area (Å²) < 4.78 is 0. The van der Waals surface area contributed by atoms with E-state index in [4.69, 9.17) is 0 Å². The zero-order chi connectivity index (χ0) is 15.9. The van der Waals surface area contributed by atoms with Crippen LogP contribution in [0, 0.1) is 5.41 Å². The van der Waals surface area contributed by atoms with Gasteiger partial charge in [0.15, 0.2) is 0 Å². The summed E-state index contributed by atoms with van der Waals surface area (Å²) in [4.78, 5) is 0. The normalized spacial score (nSPS) is 10.5. The molecule has 1 rings (SSSR count). The Kier molecular flexibility index (Phi) is 18.2. The minimum atomic E-state index is 0.362. The van der Waals surface area contributed by atoms with Gasteiger partial charge < -0.3 is 0 Å². The molecule has 19 heavy (non-hydrogen) atoms. The van der Waals surface area contributed by atoms with Gasteiger partial charge in [0.2, 0.25) is 0 Å². The van der Waals surface area contributed by atoms with E-state index in [-0.39, 0.29) is 0 Å². The number of benzene rings is 1. The fraction of sp³-hybridized carbons (Fsp3) is 0.579. The van der Waals surface area contributed by atoms with Crippen LogP contribution in [0.5, 0.6) is 0 Å². The molecule has 1 aromatic rings. The number of rotatable bonds is 1. The highest BCUT2D eigenvalue weighted by Gasteiger charge is 2.20. The molecule has 0 fully saturated rings. The van der Waals surface area contributed by atoms with E-state index < -0.39 is 0 Å². The summed E-state index contributed by atoms with van der Waals surface area (Å²) in [5.74, 6) is 0.624. The van der Waals surface area contributed by atoms with E-state index in [1.54, 1.807) is 0 Å². The molecule has 0 aromatic heterocycles. The third-order valence-electron chi connectivity index (χ3n) is 2.60. The molecule has 1 atom stereocenters. The molecule has 0 aliphatic carbocycles. The van der Waals surface area contributed by atoms with Gasteiger partial charge in [-0.15, -0.1) is 13.2 Å². The lowest BCUT2D eigenvalue weighted by Gasteiger charge is -2.27. The fourth-order valence-corrected chi connectivity index (χ4v) is 1.24. The van der Waals surface area contributed by atoms with Crippen LogP contribution < -0.4 is 0 Å². The molecule has 0 saturated carbocycles. The number of hydrogen-bond acceptors (Lipinski definition) is 0. The molecule has 0 heteroatoms. The maximum absolute atomic E-state index is 3.00. The van der Waals surface area contributed by atoms with Crippen LogP contribution in [0.3, 0.4) is 0 Å². The van der Waals surface area contributed by atoms with Crippen molar-refractivity contribution in [1.29, 1.82) is 0 Å². The monoisotopic (exact) mass is 264 g/mol. The summed E-state index contributed by atoms with van der Waals surface area (Å²) >= 11 is 0. The Morgan fingerprint density at radius 3 is 1.53 bits per heavy atom. The van der Waals surface area contributed by atoms with Crippen LogP contribution in [0.1, 0.15) is 73.3 Å². The van der Waals surface area contributed by atoms with Crippen molar-refractivity contribution in [2.75, 3.05) is 0 Å². The van der Waals surface area contributed by atoms with Gasteiger partial charge in [0.25, 0.3) is 0 Å². The van der Waals surface area contributed by atoms with Crippen molar-refractivity contribution < 1.29 is 0 Å². The summed E-state index contributed by atoms with van der Waals surface area (Å²) in [5.41, 5.74) is 1.80. The Bertz CT molecular complexity index is 253. The number of hydrogen-bond donors (Lipinski definition) is 0. The van der Waals surface area contributed by atoms with Crippen LogP contribution in [0.15, 0.2) is 43.5 Å². The zero-order valence-electron chi connectivity index (χ0n) is 14.6. The van der Waals surface area contributed by atoms with Crippen LogP contribution in [-0.2, 0) is 0 Å². The van der Waals surface area contributed by atoms with E-state index in [0.29, 0.717) is 11.3 Å². The first-order valence-electron chi connectivity index (χ1n) is 7.48.